The van der Waals surface area contributed by atoms with Gasteiger partial charge >= 0.3 is 0 Å². The minimum absolute atomic E-state index is 0.0684. The largest absolute Gasteiger partial charge is 0.294 e. The van der Waals surface area contributed by atoms with Crippen LogP contribution in [0.5, 0.6) is 0 Å². The van der Waals surface area contributed by atoms with Gasteiger partial charge in [-0.1, -0.05) is 11.6 Å². The van der Waals surface area contributed by atoms with Crippen LogP contribution in [0.4, 0.5) is 0 Å². The Kier molecular flexibility index (Phi) is 2.91. The van der Waals surface area contributed by atoms with Crippen LogP contribution >= 0.6 is 34.3 Å². The first-order valence-electron chi connectivity index (χ1n) is 4.32. The Morgan fingerprint density at radius 1 is 1.40 bits per heavy atom. The van der Waals surface area contributed by atoms with Gasteiger partial charge in [-0.3, -0.25) is 4.79 Å². The summed E-state index contributed by atoms with van der Waals surface area (Å²) in [5.41, 5.74) is 0.798. The molecular formula is C10H8ClNOS2. The van der Waals surface area contributed by atoms with Crippen LogP contribution in [0.15, 0.2) is 12.1 Å². The quantitative estimate of drug-likeness (QED) is 0.760. The van der Waals surface area contributed by atoms with Crippen LogP contribution in [0.1, 0.15) is 22.3 Å². The maximum atomic E-state index is 11.3. The molecule has 0 aliphatic carbocycles. The van der Waals surface area contributed by atoms with Crippen molar-refractivity contribution < 1.29 is 4.79 Å². The van der Waals surface area contributed by atoms with Crippen LogP contribution in [0.2, 0.25) is 4.34 Å². The number of carbonyl (C=O) groups is 1. The molecule has 0 saturated carbocycles. The van der Waals surface area contributed by atoms with Crippen LogP contribution in [0.25, 0.3) is 9.88 Å². The minimum atomic E-state index is 0.0684. The van der Waals surface area contributed by atoms with Crippen molar-refractivity contribution in [2.45, 2.75) is 13.8 Å². The van der Waals surface area contributed by atoms with E-state index in [9.17, 15) is 4.79 Å². The Labute approximate surface area is 101 Å². The fourth-order valence-corrected chi connectivity index (χ4v) is 3.32. The number of Topliss-reactive ketones (excluding diaryl/α,β-unsaturated/α-hetero) is 1. The zero-order valence-electron chi connectivity index (χ0n) is 8.20. The van der Waals surface area contributed by atoms with Crippen LogP contribution in [0.3, 0.4) is 0 Å². The van der Waals surface area contributed by atoms with E-state index in [1.807, 2.05) is 19.1 Å². The first-order chi connectivity index (χ1) is 7.08. The van der Waals surface area contributed by atoms with Crippen molar-refractivity contribution in [3.8, 4) is 9.88 Å². The number of ketones is 1. The van der Waals surface area contributed by atoms with E-state index in [0.29, 0.717) is 0 Å². The molecule has 0 aromatic carbocycles. The SMILES string of the molecule is CC(=O)c1sc(-c2ccc(Cl)s2)nc1C. The molecular weight excluding hydrogens is 250 g/mol. The van der Waals surface area contributed by atoms with Gasteiger partial charge in [-0.05, 0) is 19.1 Å². The molecule has 0 atom stereocenters. The molecule has 0 saturated heterocycles. The highest BCUT2D eigenvalue weighted by Gasteiger charge is 2.13. The highest BCUT2D eigenvalue weighted by atomic mass is 35.5. The third-order valence-corrected chi connectivity index (χ3v) is 4.56. The number of carbonyl (C=O) groups excluding carboxylic acids is 1. The molecule has 0 spiro atoms. The Morgan fingerprint density at radius 3 is 2.60 bits per heavy atom. The van der Waals surface area contributed by atoms with Gasteiger partial charge in [-0.15, -0.1) is 22.7 Å². The van der Waals surface area contributed by atoms with Crippen molar-refractivity contribution >= 4 is 40.1 Å². The molecule has 0 fully saturated rings. The maximum absolute atomic E-state index is 11.3. The summed E-state index contributed by atoms with van der Waals surface area (Å²) in [7, 11) is 0. The predicted octanol–water partition coefficient (Wildman–Crippen LogP) is 4.04. The van der Waals surface area contributed by atoms with Gasteiger partial charge in [0.2, 0.25) is 0 Å². The van der Waals surface area contributed by atoms with Crippen LogP contribution in [0, 0.1) is 6.92 Å². The van der Waals surface area contributed by atoms with Crippen molar-refractivity contribution in [2.75, 3.05) is 0 Å². The highest BCUT2D eigenvalue weighted by molar-refractivity contribution is 7.24. The van der Waals surface area contributed by atoms with Crippen molar-refractivity contribution in [1.29, 1.82) is 0 Å². The smallest absolute Gasteiger partial charge is 0.171 e. The van der Waals surface area contributed by atoms with Crippen molar-refractivity contribution in [3.63, 3.8) is 0 Å². The van der Waals surface area contributed by atoms with Gasteiger partial charge in [-0.25, -0.2) is 4.98 Å². The monoisotopic (exact) mass is 257 g/mol. The number of aromatic nitrogens is 1. The Bertz CT molecular complexity index is 515. The zero-order valence-corrected chi connectivity index (χ0v) is 10.6. The van der Waals surface area contributed by atoms with E-state index in [-0.39, 0.29) is 5.78 Å². The molecule has 2 aromatic rings. The van der Waals surface area contributed by atoms with Crippen LogP contribution in [-0.4, -0.2) is 10.8 Å². The zero-order chi connectivity index (χ0) is 11.0. The second kappa shape index (κ2) is 4.04. The second-order valence-electron chi connectivity index (χ2n) is 3.09. The van der Waals surface area contributed by atoms with E-state index in [0.717, 1.165) is 24.8 Å². The minimum Gasteiger partial charge on any atom is -0.294 e. The van der Waals surface area contributed by atoms with Gasteiger partial charge in [0.15, 0.2) is 5.78 Å². The molecule has 0 N–H and O–H groups in total. The summed E-state index contributed by atoms with van der Waals surface area (Å²) in [6.45, 7) is 3.41. The first-order valence-corrected chi connectivity index (χ1v) is 6.33. The number of thiophene rings is 1. The van der Waals surface area contributed by atoms with E-state index in [1.54, 1.807) is 6.92 Å². The van der Waals surface area contributed by atoms with Gasteiger partial charge < -0.3 is 0 Å². The van der Waals surface area contributed by atoms with E-state index in [4.69, 9.17) is 11.6 Å². The number of aryl methyl sites for hydroxylation is 1. The van der Waals surface area contributed by atoms with Gasteiger partial charge in [0.05, 0.1) is 19.8 Å². The summed E-state index contributed by atoms with van der Waals surface area (Å²) in [5, 5.41) is 0.870. The molecule has 0 amide bonds. The summed E-state index contributed by atoms with van der Waals surface area (Å²) >= 11 is 8.75. The molecule has 0 radical (unpaired) electrons. The molecule has 0 bridgehead atoms. The molecule has 0 aliphatic heterocycles. The summed E-state index contributed by atoms with van der Waals surface area (Å²) < 4.78 is 0.738. The number of hydrogen-bond acceptors (Lipinski definition) is 4. The number of nitrogens with zero attached hydrogens (tertiary/aromatic N) is 1. The van der Waals surface area contributed by atoms with Gasteiger partial charge in [0.25, 0.3) is 0 Å². The molecule has 2 nitrogen and oxygen atoms in total. The standard InChI is InChI=1S/C10H8ClNOS2/c1-5-9(6(2)13)15-10(12-5)7-3-4-8(11)14-7/h3-4H,1-2H3. The lowest BCUT2D eigenvalue weighted by Crippen LogP contribution is -1.89. The summed E-state index contributed by atoms with van der Waals surface area (Å²) in [6.07, 6.45) is 0. The van der Waals surface area contributed by atoms with E-state index >= 15 is 0 Å². The first kappa shape index (κ1) is 10.8. The molecule has 5 heteroatoms. The van der Waals surface area contributed by atoms with E-state index in [1.165, 1.54) is 22.7 Å². The Balaban J connectivity index is 2.46. The van der Waals surface area contributed by atoms with E-state index in [2.05, 4.69) is 4.98 Å². The average Bonchev–Trinajstić information content (AvgIpc) is 2.71. The molecule has 2 heterocycles. The second-order valence-corrected chi connectivity index (χ2v) is 5.81. The van der Waals surface area contributed by atoms with Crippen molar-refractivity contribution in [2.24, 2.45) is 0 Å². The topological polar surface area (TPSA) is 30.0 Å². The lowest BCUT2D eigenvalue weighted by atomic mass is 10.3. The van der Waals surface area contributed by atoms with E-state index < -0.39 is 0 Å². The lowest BCUT2D eigenvalue weighted by Gasteiger charge is -1.86. The van der Waals surface area contributed by atoms with Crippen LogP contribution in [-0.2, 0) is 0 Å². The highest BCUT2D eigenvalue weighted by Crippen LogP contribution is 2.34. The fraction of sp³-hybridized carbons (Fsp3) is 0.200. The number of hydrogen-bond donors (Lipinski definition) is 0. The normalized spacial score (nSPS) is 10.6. The maximum Gasteiger partial charge on any atom is 0.171 e. The molecule has 78 valence electrons. The third kappa shape index (κ3) is 2.12. The number of rotatable bonds is 2. The van der Waals surface area contributed by atoms with Crippen molar-refractivity contribution in [3.05, 3.63) is 27.0 Å². The number of thiazole rings is 1. The van der Waals surface area contributed by atoms with Gasteiger partial charge in [0, 0.05) is 6.92 Å². The third-order valence-electron chi connectivity index (χ3n) is 1.90. The summed E-state index contributed by atoms with van der Waals surface area (Å²) in [4.78, 5) is 17.4. The summed E-state index contributed by atoms with van der Waals surface area (Å²) in [5.74, 6) is 0.0684. The molecule has 2 rings (SSSR count). The molecule has 15 heavy (non-hydrogen) atoms. The molecule has 0 unspecified atom stereocenters. The van der Waals surface area contributed by atoms with Gasteiger partial charge in [-0.2, -0.15) is 0 Å². The molecule has 2 aromatic heterocycles. The Morgan fingerprint density at radius 2 is 2.13 bits per heavy atom. The summed E-state index contributed by atoms with van der Waals surface area (Å²) in [6, 6.07) is 3.76. The van der Waals surface area contributed by atoms with Crippen molar-refractivity contribution in [1.82, 2.24) is 4.98 Å². The fourth-order valence-electron chi connectivity index (χ4n) is 1.26. The predicted molar refractivity (Wildman–Crippen MR) is 65.2 cm³/mol. The number of halogens is 1. The van der Waals surface area contributed by atoms with Gasteiger partial charge in [0.1, 0.15) is 5.01 Å². The molecule has 0 aliphatic rings. The van der Waals surface area contributed by atoms with Crippen LogP contribution < -0.4 is 0 Å². The average molecular weight is 258 g/mol. The Hall–Kier alpha value is -0.710. The lowest BCUT2D eigenvalue weighted by molar-refractivity contribution is 0.102.